The van der Waals surface area contributed by atoms with Crippen molar-refractivity contribution >= 4 is 26.0 Å². The Morgan fingerprint density at radius 3 is 2.44 bits per heavy atom. The van der Waals surface area contributed by atoms with Gasteiger partial charge < -0.3 is 9.47 Å². The number of rotatable bonds is 5. The normalized spacial score (nSPS) is 11.3. The third-order valence-corrected chi connectivity index (χ3v) is 5.87. The Hall–Kier alpha value is -2.32. The third-order valence-electron chi connectivity index (χ3n) is 3.60. The van der Waals surface area contributed by atoms with Crippen molar-refractivity contribution in [2.45, 2.75) is 4.90 Å². The first-order valence-electron chi connectivity index (χ1n) is 7.25. The van der Waals surface area contributed by atoms with Crippen LogP contribution in [0.1, 0.15) is 0 Å². The minimum absolute atomic E-state index is 0.189. The summed E-state index contributed by atoms with van der Waals surface area (Å²) in [6.45, 7) is 0. The van der Waals surface area contributed by atoms with Crippen molar-refractivity contribution in [1.82, 2.24) is 8.96 Å². The van der Waals surface area contributed by atoms with E-state index in [9.17, 15) is 8.42 Å². The summed E-state index contributed by atoms with van der Waals surface area (Å²) in [7, 11) is -0.710. The summed E-state index contributed by atoms with van der Waals surface area (Å²) in [6, 6.07) is 11.6. The second-order valence-corrected chi connectivity index (χ2v) is 7.73. The van der Waals surface area contributed by atoms with E-state index in [1.807, 2.05) is 0 Å². The molecule has 0 saturated heterocycles. The van der Waals surface area contributed by atoms with Gasteiger partial charge in [0, 0.05) is 18.0 Å². The van der Waals surface area contributed by atoms with Crippen molar-refractivity contribution < 1.29 is 17.9 Å². The summed E-state index contributed by atoms with van der Waals surface area (Å²) in [5.74, 6) is 1.28. The Balaban J connectivity index is 2.17. The van der Waals surface area contributed by atoms with Crippen molar-refractivity contribution in [2.75, 3.05) is 14.2 Å². The van der Waals surface area contributed by atoms with E-state index in [1.165, 1.54) is 26.6 Å². The van der Waals surface area contributed by atoms with E-state index in [2.05, 4.69) is 20.9 Å². The summed E-state index contributed by atoms with van der Waals surface area (Å²) < 4.78 is 38.2. The van der Waals surface area contributed by atoms with E-state index in [0.29, 0.717) is 21.5 Å². The molecule has 2 aromatic carbocycles. The SMILES string of the molecule is COc1cc(-c2nccn2S(=O)(=O)c2ccccc2)cc(Br)c1OC. The number of halogens is 1. The first kappa shape index (κ1) is 17.5. The molecule has 0 aliphatic carbocycles. The van der Waals surface area contributed by atoms with Crippen LogP contribution in [0.4, 0.5) is 0 Å². The molecule has 0 spiro atoms. The molecule has 6 nitrogen and oxygen atoms in total. The third kappa shape index (κ3) is 3.14. The second-order valence-electron chi connectivity index (χ2n) is 5.06. The zero-order chi connectivity index (χ0) is 18.0. The fourth-order valence-corrected chi connectivity index (χ4v) is 4.37. The van der Waals surface area contributed by atoms with E-state index in [4.69, 9.17) is 9.47 Å². The largest absolute Gasteiger partial charge is 0.493 e. The molecule has 130 valence electrons. The van der Waals surface area contributed by atoms with Crippen LogP contribution in [0, 0.1) is 0 Å². The maximum absolute atomic E-state index is 12.9. The summed E-state index contributed by atoms with van der Waals surface area (Å²) in [4.78, 5) is 4.41. The van der Waals surface area contributed by atoms with Crippen molar-refractivity contribution in [3.05, 3.63) is 59.3 Å². The number of benzene rings is 2. The zero-order valence-electron chi connectivity index (χ0n) is 13.5. The van der Waals surface area contributed by atoms with Gasteiger partial charge in [-0.25, -0.2) is 17.4 Å². The highest BCUT2D eigenvalue weighted by Crippen LogP contribution is 2.39. The van der Waals surface area contributed by atoms with Gasteiger partial charge in [-0.05, 0) is 40.2 Å². The number of imidazole rings is 1. The first-order chi connectivity index (χ1) is 12.0. The standard InChI is InChI=1S/C17H15BrN2O4S/c1-23-15-11-12(10-14(18)16(15)24-2)17-19-8-9-20(17)25(21,22)13-6-4-3-5-7-13/h3-11H,1-2H3. The molecule has 0 radical (unpaired) electrons. The van der Waals surface area contributed by atoms with Crippen molar-refractivity contribution in [3.8, 4) is 22.9 Å². The van der Waals surface area contributed by atoms with Crippen LogP contribution in [0.5, 0.6) is 11.5 Å². The van der Waals surface area contributed by atoms with Crippen molar-refractivity contribution in [3.63, 3.8) is 0 Å². The van der Waals surface area contributed by atoms with Crippen molar-refractivity contribution in [2.24, 2.45) is 0 Å². The zero-order valence-corrected chi connectivity index (χ0v) is 15.9. The molecule has 3 rings (SSSR count). The van der Waals surface area contributed by atoms with Crippen LogP contribution in [-0.2, 0) is 10.0 Å². The van der Waals surface area contributed by atoms with Gasteiger partial charge >= 0.3 is 0 Å². The molecular formula is C17H15BrN2O4S. The summed E-state index contributed by atoms with van der Waals surface area (Å²) in [6.07, 6.45) is 2.86. The lowest BCUT2D eigenvalue weighted by Gasteiger charge is -2.13. The molecule has 3 aromatic rings. The Bertz CT molecular complexity index is 1000. The van der Waals surface area contributed by atoms with Gasteiger partial charge in [-0.15, -0.1) is 0 Å². The van der Waals surface area contributed by atoms with E-state index < -0.39 is 10.0 Å². The van der Waals surface area contributed by atoms with Gasteiger partial charge in [-0.3, -0.25) is 0 Å². The van der Waals surface area contributed by atoms with E-state index in [1.54, 1.807) is 42.5 Å². The number of methoxy groups -OCH3 is 2. The van der Waals surface area contributed by atoms with Crippen LogP contribution in [0.25, 0.3) is 11.4 Å². The van der Waals surface area contributed by atoms with Crippen molar-refractivity contribution in [1.29, 1.82) is 0 Å². The van der Waals surface area contributed by atoms with Gasteiger partial charge in [0.25, 0.3) is 10.0 Å². The van der Waals surface area contributed by atoms with Gasteiger partial charge in [-0.2, -0.15) is 0 Å². The number of nitrogens with zero attached hydrogens (tertiary/aromatic N) is 2. The Morgan fingerprint density at radius 2 is 1.80 bits per heavy atom. The molecule has 0 aliphatic rings. The lowest BCUT2D eigenvalue weighted by Crippen LogP contribution is -2.13. The van der Waals surface area contributed by atoms with Crippen LogP contribution in [-0.4, -0.2) is 31.6 Å². The van der Waals surface area contributed by atoms with Gasteiger partial charge in [0.05, 0.1) is 23.6 Å². The highest BCUT2D eigenvalue weighted by Gasteiger charge is 2.22. The smallest absolute Gasteiger partial charge is 0.269 e. The topological polar surface area (TPSA) is 70.4 Å². The minimum Gasteiger partial charge on any atom is -0.493 e. The van der Waals surface area contributed by atoms with Gasteiger partial charge in [0.15, 0.2) is 17.3 Å². The number of aromatic nitrogens is 2. The van der Waals surface area contributed by atoms with Crippen LogP contribution in [0.2, 0.25) is 0 Å². The summed E-state index contributed by atoms with van der Waals surface area (Å²) >= 11 is 3.41. The molecule has 0 N–H and O–H groups in total. The molecule has 0 bridgehead atoms. The molecule has 0 aliphatic heterocycles. The lowest BCUT2D eigenvalue weighted by molar-refractivity contribution is 0.353. The summed E-state index contributed by atoms with van der Waals surface area (Å²) in [5, 5.41) is 0. The molecule has 25 heavy (non-hydrogen) atoms. The fraction of sp³-hybridized carbons (Fsp3) is 0.118. The maximum Gasteiger partial charge on any atom is 0.269 e. The minimum atomic E-state index is -3.76. The fourth-order valence-electron chi connectivity index (χ4n) is 2.44. The molecule has 0 fully saturated rings. The highest BCUT2D eigenvalue weighted by atomic mass is 79.9. The Kier molecular flexibility index (Phi) is 4.82. The van der Waals surface area contributed by atoms with Crippen LogP contribution in [0.15, 0.2) is 64.2 Å². The average molecular weight is 423 g/mol. The number of hydrogen-bond acceptors (Lipinski definition) is 5. The average Bonchev–Trinajstić information content (AvgIpc) is 3.12. The second kappa shape index (κ2) is 6.89. The van der Waals surface area contributed by atoms with Gasteiger partial charge in [0.1, 0.15) is 0 Å². The predicted octanol–water partition coefficient (Wildman–Crippen LogP) is 3.57. The Labute approximate surface area is 154 Å². The Morgan fingerprint density at radius 1 is 1.08 bits per heavy atom. The van der Waals surface area contributed by atoms with Crippen LogP contribution >= 0.6 is 15.9 Å². The predicted molar refractivity (Wildman–Crippen MR) is 97.5 cm³/mol. The van der Waals surface area contributed by atoms with Gasteiger partial charge in [-0.1, -0.05) is 18.2 Å². The molecule has 1 aromatic heterocycles. The molecule has 0 saturated carbocycles. The first-order valence-corrected chi connectivity index (χ1v) is 9.48. The molecular weight excluding hydrogens is 408 g/mol. The lowest BCUT2D eigenvalue weighted by atomic mass is 10.2. The number of hydrogen-bond donors (Lipinski definition) is 0. The molecule has 8 heteroatoms. The monoisotopic (exact) mass is 422 g/mol. The van der Waals surface area contributed by atoms with E-state index >= 15 is 0 Å². The van der Waals surface area contributed by atoms with Crippen LogP contribution < -0.4 is 9.47 Å². The molecule has 0 amide bonds. The summed E-state index contributed by atoms with van der Waals surface area (Å²) in [5.41, 5.74) is 0.578. The quantitative estimate of drug-likeness (QED) is 0.628. The van der Waals surface area contributed by atoms with E-state index in [0.717, 1.165) is 3.97 Å². The number of ether oxygens (including phenoxy) is 2. The van der Waals surface area contributed by atoms with E-state index in [-0.39, 0.29) is 10.7 Å². The molecule has 0 unspecified atom stereocenters. The van der Waals surface area contributed by atoms with Crippen LogP contribution in [0.3, 0.4) is 0 Å². The molecule has 0 atom stereocenters. The maximum atomic E-state index is 12.9. The van der Waals surface area contributed by atoms with Gasteiger partial charge in [0.2, 0.25) is 0 Å². The molecule has 1 heterocycles. The highest BCUT2D eigenvalue weighted by molar-refractivity contribution is 9.10.